The number of aliphatic imine (C=N–C) groups is 1. The first-order valence-corrected chi connectivity index (χ1v) is 8.53. The van der Waals surface area contributed by atoms with Crippen LogP contribution in [0.2, 0.25) is 0 Å². The van der Waals surface area contributed by atoms with Gasteiger partial charge in [-0.15, -0.1) is 11.3 Å². The van der Waals surface area contributed by atoms with Gasteiger partial charge in [-0.3, -0.25) is 0 Å². The molecule has 2 aromatic rings. The minimum Gasteiger partial charge on any atom is -0.488 e. The lowest BCUT2D eigenvalue weighted by molar-refractivity contribution is 0.205. The van der Waals surface area contributed by atoms with Gasteiger partial charge in [0.25, 0.3) is 0 Å². The summed E-state index contributed by atoms with van der Waals surface area (Å²) in [5, 5.41) is 5.15. The van der Waals surface area contributed by atoms with Crippen LogP contribution in [-0.4, -0.2) is 25.2 Å². The van der Waals surface area contributed by atoms with Crippen LogP contribution in [0.5, 0.6) is 5.75 Å². The summed E-state index contributed by atoms with van der Waals surface area (Å²) in [6.45, 7) is 3.18. The molecule has 1 heterocycles. The number of thiophene rings is 1. The molecule has 0 aliphatic carbocycles. The van der Waals surface area contributed by atoms with Crippen molar-refractivity contribution < 1.29 is 9.13 Å². The number of ether oxygens (including phenoxy) is 1. The molecule has 0 aliphatic heterocycles. The topological polar surface area (TPSA) is 59.6 Å². The van der Waals surface area contributed by atoms with Gasteiger partial charge < -0.3 is 15.8 Å². The summed E-state index contributed by atoms with van der Waals surface area (Å²) in [6, 6.07) is 10.3. The van der Waals surface area contributed by atoms with E-state index < -0.39 is 0 Å². The van der Waals surface area contributed by atoms with Crippen molar-refractivity contribution in [3.05, 3.63) is 52.5 Å². The van der Waals surface area contributed by atoms with Crippen LogP contribution in [0, 0.1) is 5.82 Å². The Balaban J connectivity index is 1.76. The van der Waals surface area contributed by atoms with Crippen LogP contribution in [0.15, 0.2) is 46.8 Å². The average molecular weight is 335 g/mol. The van der Waals surface area contributed by atoms with Crippen molar-refractivity contribution in [3.8, 4) is 5.75 Å². The van der Waals surface area contributed by atoms with Crippen LogP contribution in [0.1, 0.15) is 18.2 Å². The largest absolute Gasteiger partial charge is 0.488 e. The van der Waals surface area contributed by atoms with Crippen molar-refractivity contribution in [2.45, 2.75) is 25.9 Å². The van der Waals surface area contributed by atoms with Crippen LogP contribution in [0.3, 0.4) is 0 Å². The fourth-order valence-corrected chi connectivity index (χ4v) is 2.72. The number of nitrogens with two attached hydrogens (primary N) is 1. The summed E-state index contributed by atoms with van der Waals surface area (Å²) in [6.07, 6.45) is 1.56. The van der Waals surface area contributed by atoms with Crippen molar-refractivity contribution in [1.29, 1.82) is 0 Å². The highest BCUT2D eigenvalue weighted by Crippen LogP contribution is 2.15. The summed E-state index contributed by atoms with van der Waals surface area (Å²) in [5.74, 6) is 0.606. The zero-order chi connectivity index (χ0) is 16.5. The molecule has 124 valence electrons. The van der Waals surface area contributed by atoms with Gasteiger partial charge in [0.15, 0.2) is 5.96 Å². The van der Waals surface area contributed by atoms with Gasteiger partial charge in [0.05, 0.1) is 6.54 Å². The zero-order valence-corrected chi connectivity index (χ0v) is 14.0. The van der Waals surface area contributed by atoms with E-state index in [0.29, 0.717) is 18.3 Å². The molecule has 0 spiro atoms. The van der Waals surface area contributed by atoms with E-state index in [9.17, 15) is 4.39 Å². The van der Waals surface area contributed by atoms with E-state index in [4.69, 9.17) is 10.5 Å². The first-order chi connectivity index (χ1) is 11.2. The highest BCUT2D eigenvalue weighted by atomic mass is 32.1. The predicted molar refractivity (Wildman–Crippen MR) is 93.6 cm³/mol. The summed E-state index contributed by atoms with van der Waals surface area (Å²) < 4.78 is 18.9. The second kappa shape index (κ2) is 9.15. The molecule has 2 rings (SSSR count). The Bertz CT molecular complexity index is 616. The third kappa shape index (κ3) is 6.28. The van der Waals surface area contributed by atoms with E-state index in [-0.39, 0.29) is 11.9 Å². The van der Waals surface area contributed by atoms with Crippen LogP contribution >= 0.6 is 11.3 Å². The third-order valence-corrected chi connectivity index (χ3v) is 4.21. The zero-order valence-electron chi connectivity index (χ0n) is 13.2. The predicted octanol–water partition coefficient (Wildman–Crippen LogP) is 3.19. The molecule has 0 aliphatic rings. The van der Waals surface area contributed by atoms with E-state index in [1.54, 1.807) is 23.5 Å². The summed E-state index contributed by atoms with van der Waals surface area (Å²) >= 11 is 1.73. The van der Waals surface area contributed by atoms with Gasteiger partial charge >= 0.3 is 0 Å². The maximum Gasteiger partial charge on any atom is 0.188 e. The Kier molecular flexibility index (Phi) is 6.87. The summed E-state index contributed by atoms with van der Waals surface area (Å²) in [7, 11) is 0. The molecule has 0 fully saturated rings. The van der Waals surface area contributed by atoms with Crippen molar-refractivity contribution in [1.82, 2.24) is 5.32 Å². The highest BCUT2D eigenvalue weighted by molar-refractivity contribution is 7.09. The Morgan fingerprint density at radius 2 is 2.26 bits per heavy atom. The number of guanidine groups is 1. The van der Waals surface area contributed by atoms with Crippen molar-refractivity contribution in [2.24, 2.45) is 10.7 Å². The molecular formula is C17H22FN3OS. The molecule has 0 saturated carbocycles. The number of hydrogen-bond donors (Lipinski definition) is 2. The van der Waals surface area contributed by atoms with Crippen LogP contribution in [0.25, 0.3) is 0 Å². The fraction of sp³-hybridized carbons (Fsp3) is 0.353. The molecule has 1 atom stereocenters. The second-order valence-corrected chi connectivity index (χ2v) is 6.12. The number of nitrogens with zero attached hydrogens (tertiary/aromatic N) is 1. The molecule has 0 radical (unpaired) electrons. The molecule has 4 nitrogen and oxygen atoms in total. The molecule has 0 saturated heterocycles. The third-order valence-electron chi connectivity index (χ3n) is 3.28. The Morgan fingerprint density at radius 1 is 1.39 bits per heavy atom. The molecule has 1 aromatic heterocycles. The normalized spacial score (nSPS) is 12.9. The van der Waals surface area contributed by atoms with E-state index in [2.05, 4.69) is 21.8 Å². The quantitative estimate of drug-likeness (QED) is 0.575. The summed E-state index contributed by atoms with van der Waals surface area (Å²) in [5.41, 5.74) is 5.86. The molecule has 1 aromatic carbocycles. The number of benzene rings is 1. The van der Waals surface area contributed by atoms with Gasteiger partial charge in [-0.1, -0.05) is 19.1 Å². The molecular weight excluding hydrogens is 313 g/mol. The van der Waals surface area contributed by atoms with Gasteiger partial charge in [0.2, 0.25) is 0 Å². The molecule has 6 heteroatoms. The first kappa shape index (κ1) is 17.3. The van der Waals surface area contributed by atoms with E-state index in [0.717, 1.165) is 19.4 Å². The van der Waals surface area contributed by atoms with Crippen molar-refractivity contribution >= 4 is 17.3 Å². The van der Waals surface area contributed by atoms with Crippen molar-refractivity contribution in [3.63, 3.8) is 0 Å². The Labute approximate surface area is 140 Å². The van der Waals surface area contributed by atoms with E-state index in [1.807, 2.05) is 13.0 Å². The highest BCUT2D eigenvalue weighted by Gasteiger charge is 2.08. The van der Waals surface area contributed by atoms with E-state index >= 15 is 0 Å². The van der Waals surface area contributed by atoms with Crippen LogP contribution in [0.4, 0.5) is 4.39 Å². The monoisotopic (exact) mass is 335 g/mol. The lowest BCUT2D eigenvalue weighted by Gasteiger charge is -2.16. The number of rotatable bonds is 8. The SMILES string of the molecule is CCC(CN=C(N)NCCc1cccs1)Oc1cccc(F)c1. The fourth-order valence-electron chi connectivity index (χ4n) is 2.01. The van der Waals surface area contributed by atoms with Crippen molar-refractivity contribution in [2.75, 3.05) is 13.1 Å². The summed E-state index contributed by atoms with van der Waals surface area (Å²) in [4.78, 5) is 5.61. The van der Waals surface area contributed by atoms with E-state index in [1.165, 1.54) is 17.0 Å². The molecule has 0 bridgehead atoms. The minimum atomic E-state index is -0.310. The molecule has 0 amide bonds. The second-order valence-electron chi connectivity index (χ2n) is 5.09. The minimum absolute atomic E-state index is 0.130. The lowest BCUT2D eigenvalue weighted by Crippen LogP contribution is -2.34. The molecule has 3 N–H and O–H groups in total. The maximum atomic E-state index is 13.2. The van der Waals surface area contributed by atoms with Gasteiger partial charge in [-0.05, 0) is 36.4 Å². The van der Waals surface area contributed by atoms with Crippen LogP contribution < -0.4 is 15.8 Å². The molecule has 1 unspecified atom stereocenters. The smallest absolute Gasteiger partial charge is 0.188 e. The van der Waals surface area contributed by atoms with Gasteiger partial charge in [0, 0.05) is 17.5 Å². The number of halogens is 1. The van der Waals surface area contributed by atoms with Crippen LogP contribution in [-0.2, 0) is 6.42 Å². The Hall–Kier alpha value is -2.08. The number of nitrogens with one attached hydrogen (secondary N) is 1. The lowest BCUT2D eigenvalue weighted by atomic mass is 10.2. The molecule has 23 heavy (non-hydrogen) atoms. The van der Waals surface area contributed by atoms with Gasteiger partial charge in [0.1, 0.15) is 17.7 Å². The standard InChI is InChI=1S/C17H22FN3OS/c1-2-14(22-15-6-3-5-13(18)11-15)12-21-17(19)20-9-8-16-7-4-10-23-16/h3-7,10-11,14H,2,8-9,12H2,1H3,(H3,19,20,21). The van der Waals surface area contributed by atoms with Gasteiger partial charge in [-0.25, -0.2) is 9.38 Å². The maximum absolute atomic E-state index is 13.2. The average Bonchev–Trinajstić information content (AvgIpc) is 3.05. The first-order valence-electron chi connectivity index (χ1n) is 7.65. The Morgan fingerprint density at radius 3 is 2.96 bits per heavy atom. The van der Waals surface area contributed by atoms with Gasteiger partial charge in [-0.2, -0.15) is 0 Å². The number of hydrogen-bond acceptors (Lipinski definition) is 3.